The van der Waals surface area contributed by atoms with Crippen LogP contribution in [0.3, 0.4) is 0 Å². The van der Waals surface area contributed by atoms with Gasteiger partial charge in [-0.1, -0.05) is 36.4 Å². The number of nitriles is 1. The predicted octanol–water partition coefficient (Wildman–Crippen LogP) is 3.75. The van der Waals surface area contributed by atoms with Gasteiger partial charge in [-0.05, 0) is 42.7 Å². The molecule has 0 unspecified atom stereocenters. The minimum Gasteiger partial charge on any atom is -0.479 e. The molecular weight excluding hydrogens is 260 g/mol. The lowest BCUT2D eigenvalue weighted by atomic mass is 10.0. The van der Waals surface area contributed by atoms with E-state index < -0.39 is 0 Å². The molecule has 0 aliphatic heterocycles. The van der Waals surface area contributed by atoms with Crippen LogP contribution >= 0.6 is 0 Å². The van der Waals surface area contributed by atoms with Gasteiger partial charge < -0.3 is 10.1 Å². The quantitative estimate of drug-likeness (QED) is 0.876. The molecule has 0 radical (unpaired) electrons. The highest BCUT2D eigenvalue weighted by molar-refractivity contribution is 5.29. The minimum absolute atomic E-state index is 0.0852. The third kappa shape index (κ3) is 4.34. The maximum absolute atomic E-state index is 8.47. The molecule has 21 heavy (non-hydrogen) atoms. The zero-order chi connectivity index (χ0) is 15.1. The Kier molecular flexibility index (Phi) is 5.36. The molecule has 0 spiro atoms. The van der Waals surface area contributed by atoms with Crippen LogP contribution in [-0.4, -0.2) is 6.61 Å². The van der Waals surface area contributed by atoms with Crippen LogP contribution in [0.25, 0.3) is 0 Å². The predicted molar refractivity (Wildman–Crippen MR) is 84.0 cm³/mol. The summed E-state index contributed by atoms with van der Waals surface area (Å²) in [6.07, 6.45) is 0. The van der Waals surface area contributed by atoms with Crippen LogP contribution in [-0.2, 0) is 6.54 Å². The molecule has 2 rings (SSSR count). The average Bonchev–Trinajstić information content (AvgIpc) is 2.52. The molecule has 3 nitrogen and oxygen atoms in total. The molecule has 1 atom stereocenters. The first-order valence-electron chi connectivity index (χ1n) is 7.08. The van der Waals surface area contributed by atoms with Gasteiger partial charge in [-0.15, -0.1) is 0 Å². The summed E-state index contributed by atoms with van der Waals surface area (Å²) in [7, 11) is 0. The summed E-state index contributed by atoms with van der Waals surface area (Å²) < 4.78 is 5.24. The first-order chi connectivity index (χ1) is 10.2. The molecule has 108 valence electrons. The van der Waals surface area contributed by atoms with Crippen LogP contribution in [0.2, 0.25) is 0 Å². The van der Waals surface area contributed by atoms with E-state index >= 15 is 0 Å². The van der Waals surface area contributed by atoms with Crippen LogP contribution in [0.1, 0.15) is 29.7 Å². The first kappa shape index (κ1) is 15.1. The number of nitrogens with one attached hydrogen (secondary N) is 1. The van der Waals surface area contributed by atoms with Gasteiger partial charge in [0, 0.05) is 12.6 Å². The molecule has 2 aromatic rings. The van der Waals surface area contributed by atoms with Crippen molar-refractivity contribution in [2.24, 2.45) is 0 Å². The fourth-order valence-corrected chi connectivity index (χ4v) is 2.27. The molecule has 0 saturated carbocycles. The summed E-state index contributed by atoms with van der Waals surface area (Å²) >= 11 is 0. The van der Waals surface area contributed by atoms with Crippen LogP contribution < -0.4 is 10.1 Å². The van der Waals surface area contributed by atoms with Gasteiger partial charge >= 0.3 is 0 Å². The SMILES string of the molecule is Cc1ccccc1[C@H](C)NCc1ccc(OCC#N)cc1. The lowest BCUT2D eigenvalue weighted by Crippen LogP contribution is -2.18. The Hall–Kier alpha value is -2.31. The molecule has 0 amide bonds. The maximum atomic E-state index is 8.47. The summed E-state index contributed by atoms with van der Waals surface area (Å²) in [5.74, 6) is 0.729. The summed E-state index contributed by atoms with van der Waals surface area (Å²) in [5.41, 5.74) is 3.82. The number of aryl methyl sites for hydroxylation is 1. The Morgan fingerprint density at radius 1 is 1.14 bits per heavy atom. The first-order valence-corrected chi connectivity index (χ1v) is 7.08. The molecule has 3 heteroatoms. The van der Waals surface area contributed by atoms with Crippen LogP contribution in [0.4, 0.5) is 0 Å². The van der Waals surface area contributed by atoms with E-state index in [4.69, 9.17) is 10.00 Å². The third-order valence-electron chi connectivity index (χ3n) is 3.49. The highest BCUT2D eigenvalue weighted by Crippen LogP contribution is 2.18. The highest BCUT2D eigenvalue weighted by Gasteiger charge is 2.07. The van der Waals surface area contributed by atoms with Gasteiger partial charge in [0.2, 0.25) is 0 Å². The maximum Gasteiger partial charge on any atom is 0.174 e. The summed E-state index contributed by atoms with van der Waals surface area (Å²) in [6, 6.07) is 18.5. The van der Waals surface area contributed by atoms with Gasteiger partial charge in [0.15, 0.2) is 6.61 Å². The highest BCUT2D eigenvalue weighted by atomic mass is 16.5. The van der Waals surface area contributed by atoms with Crippen molar-refractivity contribution in [1.82, 2.24) is 5.32 Å². The molecule has 1 N–H and O–H groups in total. The Balaban J connectivity index is 1.91. The van der Waals surface area contributed by atoms with Gasteiger partial charge in [-0.3, -0.25) is 0 Å². The van der Waals surface area contributed by atoms with E-state index in [0.29, 0.717) is 6.04 Å². The number of ether oxygens (including phenoxy) is 1. The molecular formula is C18H20N2O. The average molecular weight is 280 g/mol. The van der Waals surface area contributed by atoms with Gasteiger partial charge in [0.25, 0.3) is 0 Å². The van der Waals surface area contributed by atoms with E-state index in [2.05, 4.69) is 43.4 Å². The zero-order valence-electron chi connectivity index (χ0n) is 12.5. The monoisotopic (exact) mass is 280 g/mol. The van der Waals surface area contributed by atoms with Crippen LogP contribution in [0.15, 0.2) is 48.5 Å². The molecule has 0 aromatic heterocycles. The second-order valence-electron chi connectivity index (χ2n) is 5.05. The number of rotatable bonds is 6. The van der Waals surface area contributed by atoms with Crippen LogP contribution in [0, 0.1) is 18.3 Å². The molecule has 0 fully saturated rings. The largest absolute Gasteiger partial charge is 0.479 e. The topological polar surface area (TPSA) is 45.0 Å². The number of hydrogen-bond acceptors (Lipinski definition) is 3. The van der Waals surface area contributed by atoms with Crippen molar-refractivity contribution in [1.29, 1.82) is 5.26 Å². The summed E-state index contributed by atoms with van der Waals surface area (Å²) in [6.45, 7) is 5.19. The lowest BCUT2D eigenvalue weighted by Gasteiger charge is -2.16. The van der Waals surface area contributed by atoms with E-state index in [1.54, 1.807) is 0 Å². The van der Waals surface area contributed by atoms with E-state index in [-0.39, 0.29) is 6.61 Å². The number of hydrogen-bond donors (Lipinski definition) is 1. The fraction of sp³-hybridized carbons (Fsp3) is 0.278. The van der Waals surface area contributed by atoms with Crippen LogP contribution in [0.5, 0.6) is 5.75 Å². The van der Waals surface area contributed by atoms with Crippen molar-refractivity contribution in [2.45, 2.75) is 26.4 Å². The molecule has 0 heterocycles. The Labute approximate surface area is 126 Å². The Morgan fingerprint density at radius 3 is 2.52 bits per heavy atom. The van der Waals surface area contributed by atoms with Crippen molar-refractivity contribution >= 4 is 0 Å². The number of benzene rings is 2. The normalized spacial score (nSPS) is 11.7. The smallest absolute Gasteiger partial charge is 0.174 e. The summed E-state index contributed by atoms with van der Waals surface area (Å²) in [4.78, 5) is 0. The Bertz CT molecular complexity index is 614. The van der Waals surface area contributed by atoms with Gasteiger partial charge in [-0.2, -0.15) is 5.26 Å². The molecule has 0 bridgehead atoms. The van der Waals surface area contributed by atoms with Crippen molar-refractivity contribution in [3.05, 3.63) is 65.2 Å². The zero-order valence-corrected chi connectivity index (χ0v) is 12.5. The van der Waals surface area contributed by atoms with E-state index in [0.717, 1.165) is 12.3 Å². The van der Waals surface area contributed by atoms with Gasteiger partial charge in [-0.25, -0.2) is 0 Å². The van der Waals surface area contributed by atoms with Gasteiger partial charge in [0.1, 0.15) is 11.8 Å². The van der Waals surface area contributed by atoms with Crippen molar-refractivity contribution in [3.8, 4) is 11.8 Å². The molecule has 0 aliphatic rings. The second kappa shape index (κ2) is 7.47. The second-order valence-corrected chi connectivity index (χ2v) is 5.05. The standard InChI is InChI=1S/C18H20N2O/c1-14-5-3-4-6-18(14)15(2)20-13-16-7-9-17(10-8-16)21-12-11-19/h3-10,15,20H,12-13H2,1-2H3/t15-/m0/s1. The minimum atomic E-state index is 0.0852. The van der Waals surface area contributed by atoms with E-state index in [9.17, 15) is 0 Å². The van der Waals surface area contributed by atoms with Crippen molar-refractivity contribution in [3.63, 3.8) is 0 Å². The molecule has 0 saturated heterocycles. The Morgan fingerprint density at radius 2 is 1.86 bits per heavy atom. The molecule has 2 aromatic carbocycles. The number of nitrogens with zero attached hydrogens (tertiary/aromatic N) is 1. The fourth-order valence-electron chi connectivity index (χ4n) is 2.27. The van der Waals surface area contributed by atoms with Crippen molar-refractivity contribution in [2.75, 3.05) is 6.61 Å². The van der Waals surface area contributed by atoms with Crippen molar-refractivity contribution < 1.29 is 4.74 Å². The van der Waals surface area contributed by atoms with E-state index in [1.807, 2.05) is 30.3 Å². The summed E-state index contributed by atoms with van der Waals surface area (Å²) in [5, 5.41) is 12.0. The lowest BCUT2D eigenvalue weighted by molar-refractivity contribution is 0.368. The van der Waals surface area contributed by atoms with Gasteiger partial charge in [0.05, 0.1) is 0 Å². The van der Waals surface area contributed by atoms with E-state index in [1.165, 1.54) is 16.7 Å². The third-order valence-corrected chi connectivity index (χ3v) is 3.49. The molecule has 0 aliphatic carbocycles.